The Labute approximate surface area is 321 Å². The van der Waals surface area contributed by atoms with Gasteiger partial charge in [-0.2, -0.15) is 0 Å². The van der Waals surface area contributed by atoms with E-state index in [1.54, 1.807) is 0 Å². The van der Waals surface area contributed by atoms with Crippen molar-refractivity contribution in [1.29, 1.82) is 0 Å². The van der Waals surface area contributed by atoms with Gasteiger partial charge in [-0.1, -0.05) is 33.6 Å². The molecule has 1 aliphatic heterocycles. The van der Waals surface area contributed by atoms with Crippen molar-refractivity contribution in [1.82, 2.24) is 0 Å². The van der Waals surface area contributed by atoms with Crippen molar-refractivity contribution in [3.63, 3.8) is 0 Å². The van der Waals surface area contributed by atoms with Crippen molar-refractivity contribution in [3.8, 4) is 0 Å². The van der Waals surface area contributed by atoms with E-state index in [0.717, 1.165) is 19.3 Å². The zero-order chi connectivity index (χ0) is 39.6. The third-order valence-corrected chi connectivity index (χ3v) is 11.2. The standard InChI is InChI=1S/C42H82O11/c1-4-5-12-31(3)41-29-39(50)24-11-23-38(49)28-40(51)27-37(48)22-10-20-35(46)18-8-16-33(44)14-6-13-32(43)15-7-17-34(45)19-9-21-36(47)25-30(2)26-42(52)53-41/h30-41,43-51H,4-29H2,1-3H3/t30?,31?,32?,33?,34?,35?,36?,37?,38-,39-,40?,41?/m0/s1. The lowest BCUT2D eigenvalue weighted by Crippen LogP contribution is -2.30. The van der Waals surface area contributed by atoms with Crippen molar-refractivity contribution in [3.05, 3.63) is 0 Å². The van der Waals surface area contributed by atoms with E-state index in [0.29, 0.717) is 128 Å². The van der Waals surface area contributed by atoms with E-state index >= 15 is 0 Å². The second kappa shape index (κ2) is 30.3. The molecule has 9 N–H and O–H groups in total. The van der Waals surface area contributed by atoms with Gasteiger partial charge >= 0.3 is 5.97 Å². The third kappa shape index (κ3) is 27.4. The van der Waals surface area contributed by atoms with Crippen LogP contribution in [0.2, 0.25) is 0 Å². The fourth-order valence-corrected chi connectivity index (χ4v) is 7.73. The topological polar surface area (TPSA) is 208 Å². The van der Waals surface area contributed by atoms with E-state index in [2.05, 4.69) is 6.92 Å². The van der Waals surface area contributed by atoms with E-state index in [4.69, 9.17) is 4.74 Å². The van der Waals surface area contributed by atoms with Crippen LogP contribution in [0.15, 0.2) is 0 Å². The number of carbonyl (C=O) groups excluding carboxylic acids is 1. The van der Waals surface area contributed by atoms with Crippen LogP contribution in [-0.2, 0) is 9.53 Å². The lowest BCUT2D eigenvalue weighted by atomic mass is 9.91. The summed E-state index contributed by atoms with van der Waals surface area (Å²) in [6.07, 6.45) is 8.12. The summed E-state index contributed by atoms with van der Waals surface area (Å²) in [6.45, 7) is 6.06. The van der Waals surface area contributed by atoms with Gasteiger partial charge in [-0.3, -0.25) is 4.79 Å². The predicted octanol–water partition coefficient (Wildman–Crippen LogP) is 5.59. The van der Waals surface area contributed by atoms with Crippen molar-refractivity contribution < 1.29 is 55.5 Å². The van der Waals surface area contributed by atoms with Crippen LogP contribution in [-0.4, -0.2) is 113 Å². The first-order chi connectivity index (χ1) is 25.2. The molecule has 1 saturated heterocycles. The molecule has 1 fully saturated rings. The molecule has 1 heterocycles. The molecule has 1 rings (SSSR count). The number of aliphatic hydroxyl groups is 9. The number of cyclic esters (lactones) is 1. The molecule has 12 atom stereocenters. The molecule has 0 amide bonds. The molecule has 10 unspecified atom stereocenters. The maximum Gasteiger partial charge on any atom is 0.306 e. The summed E-state index contributed by atoms with van der Waals surface area (Å²) in [5.41, 5.74) is 0. The first kappa shape index (κ1) is 50.1. The molecule has 0 aromatic rings. The second-order valence-electron chi connectivity index (χ2n) is 16.9. The van der Waals surface area contributed by atoms with E-state index in [1.165, 1.54) is 0 Å². The largest absolute Gasteiger partial charge is 0.462 e. The second-order valence-corrected chi connectivity index (χ2v) is 16.9. The highest BCUT2D eigenvalue weighted by Gasteiger charge is 2.26. The Hall–Kier alpha value is -0.890. The SMILES string of the molecule is CCCCC(C)C1C[C@@H](O)CCC[C@H](O)CC(O)CC(O)CCCC(O)CCCC(O)CCCC(O)CCCC(O)CCCC(O)CC(C)CC(=O)O1. The van der Waals surface area contributed by atoms with E-state index < -0.39 is 61.0 Å². The zero-order valence-corrected chi connectivity index (χ0v) is 33.7. The Balaban J connectivity index is 2.75. The zero-order valence-electron chi connectivity index (χ0n) is 33.7. The molecule has 0 aromatic heterocycles. The summed E-state index contributed by atoms with van der Waals surface area (Å²) in [5, 5.41) is 94.4. The number of rotatable bonds is 4. The molecule has 0 radical (unpaired) electrons. The van der Waals surface area contributed by atoms with Crippen LogP contribution >= 0.6 is 0 Å². The van der Waals surface area contributed by atoms with Crippen molar-refractivity contribution in [2.45, 2.75) is 249 Å². The van der Waals surface area contributed by atoms with Crippen molar-refractivity contribution in [2.24, 2.45) is 11.8 Å². The first-order valence-corrected chi connectivity index (χ1v) is 21.5. The van der Waals surface area contributed by atoms with Gasteiger partial charge in [0.25, 0.3) is 0 Å². The Morgan fingerprint density at radius 3 is 1.19 bits per heavy atom. The average Bonchev–Trinajstić information content (AvgIpc) is 3.06. The molecule has 0 spiro atoms. The van der Waals surface area contributed by atoms with Gasteiger partial charge in [0.1, 0.15) is 6.10 Å². The Bertz CT molecular complexity index is 878. The highest BCUT2D eigenvalue weighted by atomic mass is 16.5. The maximum absolute atomic E-state index is 13.0. The van der Waals surface area contributed by atoms with Crippen LogP contribution < -0.4 is 0 Å². The summed E-state index contributed by atoms with van der Waals surface area (Å²) in [6, 6.07) is 0. The molecule has 0 bridgehead atoms. The monoisotopic (exact) mass is 763 g/mol. The van der Waals surface area contributed by atoms with Gasteiger partial charge in [0.05, 0.1) is 54.9 Å². The maximum atomic E-state index is 13.0. The number of esters is 1. The van der Waals surface area contributed by atoms with Crippen LogP contribution in [0.4, 0.5) is 0 Å². The summed E-state index contributed by atoms with van der Waals surface area (Å²) in [7, 11) is 0. The first-order valence-electron chi connectivity index (χ1n) is 21.5. The quantitative estimate of drug-likeness (QED) is 0.161. The number of hydrogen-bond donors (Lipinski definition) is 9. The fraction of sp³-hybridized carbons (Fsp3) is 0.976. The number of carbonyl (C=O) groups is 1. The van der Waals surface area contributed by atoms with Gasteiger partial charge in [0.2, 0.25) is 0 Å². The molecule has 316 valence electrons. The van der Waals surface area contributed by atoms with Crippen LogP contribution in [0.3, 0.4) is 0 Å². The van der Waals surface area contributed by atoms with Crippen LogP contribution in [0.5, 0.6) is 0 Å². The Morgan fingerprint density at radius 2 is 0.830 bits per heavy atom. The van der Waals surface area contributed by atoms with Gasteiger partial charge in [0, 0.05) is 12.8 Å². The molecule has 11 heteroatoms. The lowest BCUT2D eigenvalue weighted by Gasteiger charge is -2.27. The number of ether oxygens (including phenoxy) is 1. The highest BCUT2D eigenvalue weighted by molar-refractivity contribution is 5.69. The molecule has 0 saturated carbocycles. The predicted molar refractivity (Wildman–Crippen MR) is 208 cm³/mol. The lowest BCUT2D eigenvalue weighted by molar-refractivity contribution is -0.154. The van der Waals surface area contributed by atoms with Crippen LogP contribution in [0, 0.1) is 11.8 Å². The Morgan fingerprint density at radius 1 is 0.509 bits per heavy atom. The molecule has 0 aromatic carbocycles. The smallest absolute Gasteiger partial charge is 0.306 e. The minimum Gasteiger partial charge on any atom is -0.462 e. The number of hydrogen-bond acceptors (Lipinski definition) is 11. The summed E-state index contributed by atoms with van der Waals surface area (Å²) in [4.78, 5) is 13.0. The van der Waals surface area contributed by atoms with Gasteiger partial charge in [-0.25, -0.2) is 0 Å². The van der Waals surface area contributed by atoms with Gasteiger partial charge in [0.15, 0.2) is 0 Å². The highest BCUT2D eigenvalue weighted by Crippen LogP contribution is 2.25. The molecular weight excluding hydrogens is 680 g/mol. The fourth-order valence-electron chi connectivity index (χ4n) is 7.73. The molecule has 0 aliphatic carbocycles. The van der Waals surface area contributed by atoms with Gasteiger partial charge < -0.3 is 50.7 Å². The van der Waals surface area contributed by atoms with Crippen LogP contribution in [0.25, 0.3) is 0 Å². The Kier molecular flexibility index (Phi) is 28.6. The molecular formula is C42H82O11. The van der Waals surface area contributed by atoms with E-state index in [-0.39, 0.29) is 37.1 Å². The van der Waals surface area contributed by atoms with Crippen molar-refractivity contribution in [2.75, 3.05) is 0 Å². The van der Waals surface area contributed by atoms with Gasteiger partial charge in [-0.15, -0.1) is 0 Å². The third-order valence-electron chi connectivity index (χ3n) is 11.2. The normalized spacial score (nSPS) is 36.2. The van der Waals surface area contributed by atoms with Crippen molar-refractivity contribution >= 4 is 5.97 Å². The summed E-state index contributed by atoms with van der Waals surface area (Å²) < 4.78 is 5.94. The molecule has 11 nitrogen and oxygen atoms in total. The number of aliphatic hydroxyl groups excluding tert-OH is 9. The average molecular weight is 763 g/mol. The number of unbranched alkanes of at least 4 members (excludes halogenated alkanes) is 1. The summed E-state index contributed by atoms with van der Waals surface area (Å²) >= 11 is 0. The minimum atomic E-state index is -0.867. The van der Waals surface area contributed by atoms with Gasteiger partial charge in [-0.05, 0) is 153 Å². The molecule has 1 aliphatic rings. The minimum absolute atomic E-state index is 0.0689. The summed E-state index contributed by atoms with van der Waals surface area (Å²) in [5.74, 6) is -0.367. The van der Waals surface area contributed by atoms with Crippen LogP contribution in [0.1, 0.15) is 188 Å². The molecule has 53 heavy (non-hydrogen) atoms. The van der Waals surface area contributed by atoms with E-state index in [1.807, 2.05) is 13.8 Å². The van der Waals surface area contributed by atoms with E-state index in [9.17, 15) is 50.8 Å².